The van der Waals surface area contributed by atoms with Gasteiger partial charge in [0, 0.05) is 4.47 Å². The Hall–Kier alpha value is -1.50. The topological polar surface area (TPSA) is 33.0 Å². The molecule has 0 aromatic heterocycles. The van der Waals surface area contributed by atoms with Crippen molar-refractivity contribution < 1.29 is 4.74 Å². The molecule has 2 rings (SSSR count). The van der Waals surface area contributed by atoms with Crippen LogP contribution in [-0.2, 0) is 6.61 Å². The molecular formula is C15H11BrClNO. The first-order valence-corrected chi connectivity index (χ1v) is 6.84. The summed E-state index contributed by atoms with van der Waals surface area (Å²) in [5.74, 6) is 0.647. The Morgan fingerprint density at radius 1 is 1.26 bits per heavy atom. The van der Waals surface area contributed by atoms with E-state index in [0.29, 0.717) is 22.9 Å². The lowest BCUT2D eigenvalue weighted by Crippen LogP contribution is -1.98. The maximum atomic E-state index is 8.82. The zero-order valence-corrected chi connectivity index (χ0v) is 12.6. The molecule has 0 unspecified atom stereocenters. The summed E-state index contributed by atoms with van der Waals surface area (Å²) < 4.78 is 6.61. The molecule has 0 saturated heterocycles. The Kier molecular flexibility index (Phi) is 4.47. The molecule has 0 spiro atoms. The molecule has 0 fully saturated rings. The molecule has 0 heterocycles. The number of rotatable bonds is 3. The Morgan fingerprint density at radius 2 is 2.05 bits per heavy atom. The quantitative estimate of drug-likeness (QED) is 0.801. The van der Waals surface area contributed by atoms with E-state index in [2.05, 4.69) is 22.0 Å². The first-order chi connectivity index (χ1) is 9.10. The number of ether oxygens (including phenoxy) is 1. The first-order valence-electron chi connectivity index (χ1n) is 5.67. The predicted molar refractivity (Wildman–Crippen MR) is 79.4 cm³/mol. The van der Waals surface area contributed by atoms with E-state index in [-0.39, 0.29) is 0 Å². The molecule has 0 atom stereocenters. The zero-order valence-electron chi connectivity index (χ0n) is 10.3. The van der Waals surface area contributed by atoms with E-state index in [9.17, 15) is 0 Å². The Labute approximate surface area is 125 Å². The number of hydrogen-bond acceptors (Lipinski definition) is 2. The van der Waals surface area contributed by atoms with Crippen LogP contribution in [0.25, 0.3) is 0 Å². The van der Waals surface area contributed by atoms with Crippen molar-refractivity contribution in [1.29, 1.82) is 5.26 Å². The van der Waals surface area contributed by atoms with Gasteiger partial charge in [-0.25, -0.2) is 0 Å². The van der Waals surface area contributed by atoms with Gasteiger partial charge in [0.15, 0.2) is 0 Å². The molecule has 0 bridgehead atoms. The maximum Gasteiger partial charge on any atom is 0.138 e. The summed E-state index contributed by atoms with van der Waals surface area (Å²) in [5, 5.41) is 9.39. The molecule has 0 N–H and O–H groups in total. The van der Waals surface area contributed by atoms with Crippen LogP contribution < -0.4 is 4.74 Å². The Balaban J connectivity index is 2.13. The summed E-state index contributed by atoms with van der Waals surface area (Å²) in [6.07, 6.45) is 0. The van der Waals surface area contributed by atoms with E-state index in [0.717, 1.165) is 15.6 Å². The van der Waals surface area contributed by atoms with Crippen molar-refractivity contribution in [3.8, 4) is 11.8 Å². The van der Waals surface area contributed by atoms with Crippen LogP contribution in [0, 0.1) is 18.3 Å². The van der Waals surface area contributed by atoms with Gasteiger partial charge in [0.25, 0.3) is 0 Å². The predicted octanol–water partition coefficient (Wildman–Crippen LogP) is 4.86. The summed E-state index contributed by atoms with van der Waals surface area (Å²) in [5.41, 5.74) is 2.73. The van der Waals surface area contributed by atoms with Crippen LogP contribution in [0.15, 0.2) is 40.9 Å². The molecule has 2 aromatic rings. The van der Waals surface area contributed by atoms with Gasteiger partial charge in [-0.05, 0) is 48.4 Å². The average Bonchev–Trinajstić information content (AvgIpc) is 2.39. The number of nitrogens with zero attached hydrogens (tertiary/aromatic N) is 1. The van der Waals surface area contributed by atoms with Crippen molar-refractivity contribution in [3.05, 3.63) is 62.6 Å². The smallest absolute Gasteiger partial charge is 0.138 e. The molecule has 0 aliphatic rings. The highest BCUT2D eigenvalue weighted by molar-refractivity contribution is 9.10. The minimum absolute atomic E-state index is 0.429. The molecule has 96 valence electrons. The molecule has 0 saturated carbocycles. The van der Waals surface area contributed by atoms with Crippen molar-refractivity contribution in [2.24, 2.45) is 0 Å². The molecule has 0 amide bonds. The average molecular weight is 337 g/mol. The molecular weight excluding hydrogens is 326 g/mol. The minimum atomic E-state index is 0.429. The van der Waals surface area contributed by atoms with Gasteiger partial charge < -0.3 is 4.74 Å². The standard InChI is InChI=1S/C15H11BrClNO/c1-10-6-11(8-18)2-3-12(10)9-19-15-5-4-13(16)7-14(15)17/h2-7H,9H2,1H3. The second kappa shape index (κ2) is 6.10. The van der Waals surface area contributed by atoms with Crippen molar-refractivity contribution in [1.82, 2.24) is 0 Å². The number of benzene rings is 2. The summed E-state index contributed by atoms with van der Waals surface area (Å²) in [6, 6.07) is 13.2. The lowest BCUT2D eigenvalue weighted by molar-refractivity contribution is 0.305. The third-order valence-electron chi connectivity index (χ3n) is 2.75. The second-order valence-electron chi connectivity index (χ2n) is 4.12. The van der Waals surface area contributed by atoms with Crippen molar-refractivity contribution >= 4 is 27.5 Å². The summed E-state index contributed by atoms with van der Waals surface area (Å²) >= 11 is 9.43. The molecule has 2 aromatic carbocycles. The lowest BCUT2D eigenvalue weighted by Gasteiger charge is -2.10. The SMILES string of the molecule is Cc1cc(C#N)ccc1COc1ccc(Br)cc1Cl. The fraction of sp³-hybridized carbons (Fsp3) is 0.133. The van der Waals surface area contributed by atoms with E-state index in [1.807, 2.05) is 31.2 Å². The highest BCUT2D eigenvalue weighted by Gasteiger charge is 2.05. The Morgan fingerprint density at radius 3 is 2.68 bits per heavy atom. The van der Waals surface area contributed by atoms with Gasteiger partial charge in [0.2, 0.25) is 0 Å². The van der Waals surface area contributed by atoms with E-state index in [1.54, 1.807) is 12.1 Å². The van der Waals surface area contributed by atoms with Crippen molar-refractivity contribution in [2.75, 3.05) is 0 Å². The van der Waals surface area contributed by atoms with Crippen LogP contribution in [-0.4, -0.2) is 0 Å². The highest BCUT2D eigenvalue weighted by Crippen LogP contribution is 2.28. The normalized spacial score (nSPS) is 10.0. The highest BCUT2D eigenvalue weighted by atomic mass is 79.9. The molecule has 19 heavy (non-hydrogen) atoms. The lowest BCUT2D eigenvalue weighted by atomic mass is 10.1. The van der Waals surface area contributed by atoms with Gasteiger partial charge in [-0.2, -0.15) is 5.26 Å². The van der Waals surface area contributed by atoms with Gasteiger partial charge in [-0.15, -0.1) is 0 Å². The van der Waals surface area contributed by atoms with Crippen LogP contribution in [0.5, 0.6) is 5.75 Å². The fourth-order valence-corrected chi connectivity index (χ4v) is 2.40. The fourth-order valence-electron chi connectivity index (χ4n) is 1.68. The van der Waals surface area contributed by atoms with Crippen molar-refractivity contribution in [2.45, 2.75) is 13.5 Å². The van der Waals surface area contributed by atoms with Gasteiger partial charge in [-0.1, -0.05) is 33.6 Å². The Bertz CT molecular complexity index is 649. The number of halogens is 2. The van der Waals surface area contributed by atoms with Gasteiger partial charge in [-0.3, -0.25) is 0 Å². The molecule has 0 radical (unpaired) electrons. The van der Waals surface area contributed by atoms with Crippen LogP contribution in [0.1, 0.15) is 16.7 Å². The summed E-state index contributed by atoms with van der Waals surface area (Å²) in [6.45, 7) is 2.39. The molecule has 2 nitrogen and oxygen atoms in total. The molecule has 0 aliphatic heterocycles. The third-order valence-corrected chi connectivity index (χ3v) is 3.54. The van der Waals surface area contributed by atoms with Crippen LogP contribution in [0.4, 0.5) is 0 Å². The van der Waals surface area contributed by atoms with Gasteiger partial charge in [0.1, 0.15) is 12.4 Å². The van der Waals surface area contributed by atoms with Crippen LogP contribution >= 0.6 is 27.5 Å². The van der Waals surface area contributed by atoms with E-state index < -0.39 is 0 Å². The first kappa shape index (κ1) is 13.9. The van der Waals surface area contributed by atoms with Crippen molar-refractivity contribution in [3.63, 3.8) is 0 Å². The van der Waals surface area contributed by atoms with E-state index in [1.165, 1.54) is 0 Å². The monoisotopic (exact) mass is 335 g/mol. The number of aryl methyl sites for hydroxylation is 1. The summed E-state index contributed by atoms with van der Waals surface area (Å²) in [4.78, 5) is 0. The molecule has 0 aliphatic carbocycles. The van der Waals surface area contributed by atoms with Crippen LogP contribution in [0.3, 0.4) is 0 Å². The summed E-state index contributed by atoms with van der Waals surface area (Å²) in [7, 11) is 0. The van der Waals surface area contributed by atoms with Gasteiger partial charge in [0.05, 0.1) is 16.7 Å². The third kappa shape index (κ3) is 3.50. The van der Waals surface area contributed by atoms with Crippen LogP contribution in [0.2, 0.25) is 5.02 Å². The number of nitriles is 1. The minimum Gasteiger partial charge on any atom is -0.487 e. The maximum absolute atomic E-state index is 8.82. The largest absolute Gasteiger partial charge is 0.487 e. The van der Waals surface area contributed by atoms with E-state index >= 15 is 0 Å². The van der Waals surface area contributed by atoms with Gasteiger partial charge >= 0.3 is 0 Å². The molecule has 4 heteroatoms. The zero-order chi connectivity index (χ0) is 13.8. The second-order valence-corrected chi connectivity index (χ2v) is 5.44. The van der Waals surface area contributed by atoms with E-state index in [4.69, 9.17) is 21.6 Å². The number of hydrogen-bond donors (Lipinski definition) is 0.